The van der Waals surface area contributed by atoms with Crippen molar-refractivity contribution < 1.29 is 31.5 Å². The van der Waals surface area contributed by atoms with E-state index in [-0.39, 0.29) is 6.61 Å². The Balaban J connectivity index is 1.79. The number of ether oxygens (including phenoxy) is 1. The Bertz CT molecular complexity index is 938. The first kappa shape index (κ1) is 22.9. The van der Waals surface area contributed by atoms with Crippen molar-refractivity contribution in [3.63, 3.8) is 0 Å². The van der Waals surface area contributed by atoms with Gasteiger partial charge in [0.05, 0.1) is 12.2 Å². The number of hydrogen-bond acceptors (Lipinski definition) is 3. The fourth-order valence-electron chi connectivity index (χ4n) is 3.50. The average Bonchev–Trinajstić information content (AvgIpc) is 2.72. The van der Waals surface area contributed by atoms with Crippen molar-refractivity contribution in [2.45, 2.75) is 25.8 Å². The number of alkyl halides is 5. The predicted molar refractivity (Wildman–Crippen MR) is 105 cm³/mol. The molecule has 166 valence electrons. The molecule has 2 N–H and O–H groups in total. The summed E-state index contributed by atoms with van der Waals surface area (Å²) in [7, 11) is 0. The number of nitrogens with two attached hydrogens (primary N) is 1. The van der Waals surface area contributed by atoms with E-state index in [0.29, 0.717) is 37.2 Å². The molecular weight excluding hydrogens is 419 g/mol. The third-order valence-electron chi connectivity index (χ3n) is 5.13. The number of halogens is 5. The summed E-state index contributed by atoms with van der Waals surface area (Å²) in [5, 5.41) is 0. The molecular formula is C22H21F5N2O2. The topological polar surface area (TPSA) is 55.6 Å². The van der Waals surface area contributed by atoms with Crippen LogP contribution in [0.25, 0.3) is 5.57 Å². The summed E-state index contributed by atoms with van der Waals surface area (Å²) in [5.74, 6) is -0.575. The summed E-state index contributed by atoms with van der Waals surface area (Å²) in [4.78, 5) is 13.3. The molecule has 2 aromatic carbocycles. The molecule has 1 heterocycles. The third kappa shape index (κ3) is 6.11. The zero-order chi connectivity index (χ0) is 22.6. The maximum atomic E-state index is 12.8. The molecule has 2 aromatic rings. The molecule has 0 fully saturated rings. The van der Waals surface area contributed by atoms with Crippen molar-refractivity contribution in [3.8, 4) is 0 Å². The second-order valence-corrected chi connectivity index (χ2v) is 7.25. The van der Waals surface area contributed by atoms with Crippen LogP contribution in [0.3, 0.4) is 0 Å². The highest BCUT2D eigenvalue weighted by Crippen LogP contribution is 2.31. The van der Waals surface area contributed by atoms with Crippen LogP contribution in [0.1, 0.15) is 33.5 Å². The van der Waals surface area contributed by atoms with E-state index in [1.807, 2.05) is 4.90 Å². The molecule has 0 aliphatic carbocycles. The highest BCUT2D eigenvalue weighted by atomic mass is 19.4. The lowest BCUT2D eigenvalue weighted by molar-refractivity contribution is -0.137. The van der Waals surface area contributed by atoms with Crippen LogP contribution >= 0.6 is 0 Å². The first-order chi connectivity index (χ1) is 14.6. The van der Waals surface area contributed by atoms with Gasteiger partial charge in [0.1, 0.15) is 0 Å². The quantitative estimate of drug-likeness (QED) is 0.635. The van der Waals surface area contributed by atoms with Gasteiger partial charge >= 0.3 is 12.8 Å². The smallest absolute Gasteiger partial charge is 0.366 e. The molecule has 0 unspecified atom stereocenters. The van der Waals surface area contributed by atoms with Crippen molar-refractivity contribution >= 4 is 11.5 Å². The van der Waals surface area contributed by atoms with E-state index in [9.17, 15) is 26.7 Å². The highest BCUT2D eigenvalue weighted by Gasteiger charge is 2.30. The minimum absolute atomic E-state index is 0.224. The molecule has 0 radical (unpaired) electrons. The zero-order valence-electron chi connectivity index (χ0n) is 16.5. The first-order valence-corrected chi connectivity index (χ1v) is 9.53. The maximum Gasteiger partial charge on any atom is 0.416 e. The van der Waals surface area contributed by atoms with Gasteiger partial charge in [-0.05, 0) is 53.0 Å². The molecule has 0 spiro atoms. The Morgan fingerprint density at radius 1 is 1.06 bits per heavy atom. The number of nitrogens with zero attached hydrogens (tertiary/aromatic N) is 1. The van der Waals surface area contributed by atoms with E-state index < -0.39 is 24.3 Å². The van der Waals surface area contributed by atoms with Gasteiger partial charge in [0.2, 0.25) is 5.91 Å². The molecule has 1 aliphatic rings. The van der Waals surface area contributed by atoms with Gasteiger partial charge in [0, 0.05) is 25.2 Å². The summed E-state index contributed by atoms with van der Waals surface area (Å²) < 4.78 is 67.9. The van der Waals surface area contributed by atoms with Crippen LogP contribution in [-0.4, -0.2) is 37.1 Å². The fraction of sp³-hybridized carbons (Fsp3) is 0.318. The molecule has 3 rings (SSSR count). The molecule has 1 aliphatic heterocycles. The Labute approximate surface area is 176 Å². The second-order valence-electron chi connectivity index (χ2n) is 7.25. The van der Waals surface area contributed by atoms with Gasteiger partial charge in [-0.1, -0.05) is 24.3 Å². The molecule has 0 atom stereocenters. The number of hydrogen-bond donors (Lipinski definition) is 1. The van der Waals surface area contributed by atoms with Crippen LogP contribution in [0, 0.1) is 0 Å². The molecule has 0 bridgehead atoms. The third-order valence-corrected chi connectivity index (χ3v) is 5.13. The largest absolute Gasteiger partial charge is 0.416 e. The molecule has 1 amide bonds. The Kier molecular flexibility index (Phi) is 7.07. The summed E-state index contributed by atoms with van der Waals surface area (Å²) in [6.07, 6.45) is -3.92. The van der Waals surface area contributed by atoms with Crippen LogP contribution in [0.4, 0.5) is 22.0 Å². The van der Waals surface area contributed by atoms with Gasteiger partial charge in [-0.25, -0.2) is 0 Å². The Hall–Kier alpha value is -2.78. The standard InChI is InChI=1S/C22H21F5N2O2/c23-21(24)31-13-17-9-10-29(11-14-1-7-18(8-2-14)22(25,26)27)12-19(17)15-3-5-16(6-4-15)20(28)30/h1-8,21H,9-13H2,(H2,28,30). The number of amides is 1. The van der Waals surface area contributed by atoms with Crippen molar-refractivity contribution in [2.24, 2.45) is 5.73 Å². The first-order valence-electron chi connectivity index (χ1n) is 9.53. The van der Waals surface area contributed by atoms with Crippen molar-refractivity contribution in [1.29, 1.82) is 0 Å². The SMILES string of the molecule is NC(=O)c1ccc(C2=C(COC(F)F)CCN(Cc3ccc(C(F)(F)F)cc3)C2)cc1. The molecule has 0 saturated heterocycles. The lowest BCUT2D eigenvalue weighted by Gasteiger charge is -2.31. The van der Waals surface area contributed by atoms with Crippen LogP contribution in [0.5, 0.6) is 0 Å². The summed E-state index contributed by atoms with van der Waals surface area (Å²) in [6.45, 7) is -1.76. The number of rotatable bonds is 7. The predicted octanol–water partition coefficient (Wildman–Crippen LogP) is 4.70. The van der Waals surface area contributed by atoms with Gasteiger partial charge in [0.15, 0.2) is 0 Å². The number of carbonyl (C=O) groups is 1. The van der Waals surface area contributed by atoms with E-state index in [4.69, 9.17) is 5.73 Å². The van der Waals surface area contributed by atoms with Crippen molar-refractivity contribution in [2.75, 3.05) is 19.7 Å². The minimum Gasteiger partial charge on any atom is -0.366 e. The molecule has 0 saturated carbocycles. The molecule has 31 heavy (non-hydrogen) atoms. The Morgan fingerprint density at radius 2 is 1.71 bits per heavy atom. The highest BCUT2D eigenvalue weighted by molar-refractivity contribution is 5.93. The minimum atomic E-state index is -4.39. The molecule has 4 nitrogen and oxygen atoms in total. The van der Waals surface area contributed by atoms with E-state index in [1.165, 1.54) is 12.1 Å². The van der Waals surface area contributed by atoms with E-state index in [1.54, 1.807) is 24.3 Å². The van der Waals surface area contributed by atoms with E-state index in [0.717, 1.165) is 28.8 Å². The van der Waals surface area contributed by atoms with E-state index >= 15 is 0 Å². The van der Waals surface area contributed by atoms with Crippen LogP contribution in [0.2, 0.25) is 0 Å². The molecule has 0 aromatic heterocycles. The number of benzene rings is 2. The monoisotopic (exact) mass is 440 g/mol. The summed E-state index contributed by atoms with van der Waals surface area (Å²) in [5.41, 5.74) is 7.84. The van der Waals surface area contributed by atoms with Gasteiger partial charge in [-0.15, -0.1) is 0 Å². The van der Waals surface area contributed by atoms with E-state index in [2.05, 4.69) is 4.74 Å². The lowest BCUT2D eigenvalue weighted by Crippen LogP contribution is -2.32. The van der Waals surface area contributed by atoms with Gasteiger partial charge in [-0.2, -0.15) is 22.0 Å². The van der Waals surface area contributed by atoms with Crippen molar-refractivity contribution in [3.05, 3.63) is 76.4 Å². The Morgan fingerprint density at radius 3 is 2.26 bits per heavy atom. The fourth-order valence-corrected chi connectivity index (χ4v) is 3.50. The molecule has 9 heteroatoms. The van der Waals surface area contributed by atoms with Crippen LogP contribution in [-0.2, 0) is 17.5 Å². The lowest BCUT2D eigenvalue weighted by atomic mass is 9.93. The summed E-state index contributed by atoms with van der Waals surface area (Å²) >= 11 is 0. The van der Waals surface area contributed by atoms with Gasteiger partial charge in [0.25, 0.3) is 0 Å². The van der Waals surface area contributed by atoms with Gasteiger partial charge < -0.3 is 10.5 Å². The van der Waals surface area contributed by atoms with Crippen molar-refractivity contribution in [1.82, 2.24) is 4.90 Å². The van der Waals surface area contributed by atoms with Crippen LogP contribution in [0.15, 0.2) is 54.1 Å². The maximum absolute atomic E-state index is 12.8. The average molecular weight is 440 g/mol. The van der Waals surface area contributed by atoms with Crippen LogP contribution < -0.4 is 5.73 Å². The van der Waals surface area contributed by atoms with Gasteiger partial charge in [-0.3, -0.25) is 9.69 Å². The number of carbonyl (C=O) groups excluding carboxylic acids is 1. The normalized spacial score (nSPS) is 15.5. The zero-order valence-corrected chi connectivity index (χ0v) is 16.5. The summed E-state index contributed by atoms with van der Waals surface area (Å²) in [6, 6.07) is 11.5. The number of primary amides is 1. The second kappa shape index (κ2) is 9.57.